The Balaban J connectivity index is 0.00000272. The van der Waals surface area contributed by atoms with E-state index < -0.39 is 0 Å². The average Bonchev–Trinajstić information content (AvgIpc) is 2.74. The fraction of sp³-hybridized carbons (Fsp3) is 0.167. The van der Waals surface area contributed by atoms with Crippen LogP contribution >= 0.6 is 11.8 Å². The Morgan fingerprint density at radius 2 is 1.58 bits per heavy atom. The Labute approximate surface area is 200 Å². The molecule has 0 radical (unpaired) electrons. The first-order chi connectivity index (χ1) is 14.4. The molecule has 2 aromatic heterocycles. The van der Waals surface area contributed by atoms with E-state index in [2.05, 4.69) is 41.8 Å². The van der Waals surface area contributed by atoms with Gasteiger partial charge >= 0.3 is 0 Å². The first-order valence-corrected chi connectivity index (χ1v) is 10.4. The molecule has 0 unspecified atom stereocenters. The standard InChI is InChI=1S/C24H21N4OS.Pt/c1-24(2,3)23-27-21(26-22(28-23)18-11-4-5-12-19(18)29)16-9-8-10-17(15-16)30-20-13-6-7-14-25-20;/h4-14,29H,1-3H3;/q-1;. The van der Waals surface area contributed by atoms with E-state index in [1.54, 1.807) is 24.4 Å². The maximum absolute atomic E-state index is 10.3. The quantitative estimate of drug-likeness (QED) is 0.307. The molecule has 0 saturated carbocycles. The Kier molecular flexibility index (Phi) is 7.24. The second-order valence-electron chi connectivity index (χ2n) is 7.77. The zero-order valence-corrected chi connectivity index (χ0v) is 20.4. The van der Waals surface area contributed by atoms with Crippen LogP contribution < -0.4 is 0 Å². The molecule has 0 fully saturated rings. The van der Waals surface area contributed by atoms with E-state index in [1.807, 2.05) is 42.5 Å². The van der Waals surface area contributed by atoms with E-state index >= 15 is 0 Å². The van der Waals surface area contributed by atoms with Crippen LogP contribution in [0.3, 0.4) is 0 Å². The molecular formula is C24H21N4OPtS-. The molecular weight excluding hydrogens is 587 g/mol. The van der Waals surface area contributed by atoms with Gasteiger partial charge in [-0.05, 0) is 24.3 Å². The van der Waals surface area contributed by atoms with Crippen molar-refractivity contribution in [2.75, 3.05) is 0 Å². The van der Waals surface area contributed by atoms with Gasteiger partial charge in [0, 0.05) is 32.7 Å². The molecule has 4 rings (SSSR count). The third kappa shape index (κ3) is 5.57. The van der Waals surface area contributed by atoms with E-state index in [0.717, 1.165) is 15.5 Å². The Morgan fingerprint density at radius 1 is 0.839 bits per heavy atom. The van der Waals surface area contributed by atoms with Crippen molar-refractivity contribution in [3.05, 3.63) is 78.8 Å². The summed E-state index contributed by atoms with van der Waals surface area (Å²) in [5, 5.41) is 11.2. The van der Waals surface area contributed by atoms with Crippen molar-refractivity contribution in [3.8, 4) is 28.5 Å². The molecule has 5 nitrogen and oxygen atoms in total. The molecule has 2 heterocycles. The summed E-state index contributed by atoms with van der Waals surface area (Å²) in [6, 6.07) is 22.1. The third-order valence-corrected chi connectivity index (χ3v) is 5.22. The number of hydrogen-bond donors (Lipinski definition) is 1. The number of phenols is 1. The van der Waals surface area contributed by atoms with Crippen LogP contribution in [0.25, 0.3) is 22.8 Å². The van der Waals surface area contributed by atoms with Crippen molar-refractivity contribution in [2.45, 2.75) is 36.1 Å². The monoisotopic (exact) mass is 608 g/mol. The number of aromatic nitrogens is 4. The van der Waals surface area contributed by atoms with Gasteiger partial charge in [-0.1, -0.05) is 55.6 Å². The molecule has 0 saturated heterocycles. The van der Waals surface area contributed by atoms with Gasteiger partial charge in [-0.15, -0.1) is 29.8 Å². The second kappa shape index (κ2) is 9.71. The van der Waals surface area contributed by atoms with Crippen LogP contribution in [0.4, 0.5) is 0 Å². The number of phenolic OH excluding ortho intramolecular Hbond substituents is 1. The summed E-state index contributed by atoms with van der Waals surface area (Å²) >= 11 is 1.53. The average molecular weight is 609 g/mol. The minimum Gasteiger partial charge on any atom is -0.507 e. The van der Waals surface area contributed by atoms with Gasteiger partial charge in [0.2, 0.25) is 0 Å². The molecule has 0 aliphatic rings. The molecule has 0 spiro atoms. The van der Waals surface area contributed by atoms with Crippen molar-refractivity contribution in [1.29, 1.82) is 0 Å². The number of para-hydroxylation sites is 1. The van der Waals surface area contributed by atoms with Crippen LogP contribution in [-0.2, 0) is 26.5 Å². The SMILES string of the molecule is CC(C)(C)c1nc(-c2[c-]c(Sc3ccccn3)ccc2)nc(-c2ccccc2O)n1.[Pt]. The van der Waals surface area contributed by atoms with Crippen LogP contribution in [0.1, 0.15) is 26.6 Å². The van der Waals surface area contributed by atoms with Gasteiger partial charge < -0.3 is 5.11 Å². The molecule has 4 aromatic rings. The maximum atomic E-state index is 10.3. The van der Waals surface area contributed by atoms with Gasteiger partial charge in [0.25, 0.3) is 0 Å². The molecule has 160 valence electrons. The zero-order chi connectivity index (χ0) is 21.1. The van der Waals surface area contributed by atoms with Gasteiger partial charge in [0.15, 0.2) is 5.82 Å². The van der Waals surface area contributed by atoms with Gasteiger partial charge in [0.05, 0.1) is 16.4 Å². The fourth-order valence-electron chi connectivity index (χ4n) is 2.77. The van der Waals surface area contributed by atoms with Crippen LogP contribution in [0.5, 0.6) is 5.75 Å². The Bertz CT molecular complexity index is 1180. The normalized spacial score (nSPS) is 11.1. The number of rotatable bonds is 4. The summed E-state index contributed by atoms with van der Waals surface area (Å²) < 4.78 is 0. The van der Waals surface area contributed by atoms with Gasteiger partial charge in [-0.2, -0.15) is 0 Å². The summed E-state index contributed by atoms with van der Waals surface area (Å²) in [4.78, 5) is 19.3. The number of nitrogens with zero attached hydrogens (tertiary/aromatic N) is 4. The molecule has 0 aliphatic carbocycles. The molecule has 0 aliphatic heterocycles. The summed E-state index contributed by atoms with van der Waals surface area (Å²) in [6.07, 6.45) is 1.77. The summed E-state index contributed by atoms with van der Waals surface area (Å²) in [7, 11) is 0. The van der Waals surface area contributed by atoms with E-state index in [-0.39, 0.29) is 32.2 Å². The number of pyridine rings is 1. The van der Waals surface area contributed by atoms with Crippen molar-refractivity contribution in [1.82, 2.24) is 19.9 Å². The molecule has 1 N–H and O–H groups in total. The second-order valence-corrected chi connectivity index (χ2v) is 8.83. The van der Waals surface area contributed by atoms with Crippen LogP contribution in [0.15, 0.2) is 76.8 Å². The summed E-state index contributed by atoms with van der Waals surface area (Å²) in [6.45, 7) is 6.16. The smallest absolute Gasteiger partial charge is 0.157 e. The summed E-state index contributed by atoms with van der Waals surface area (Å²) in [5.74, 6) is 1.76. The number of benzene rings is 2. The summed E-state index contributed by atoms with van der Waals surface area (Å²) in [5.41, 5.74) is 1.06. The van der Waals surface area contributed by atoms with Crippen LogP contribution in [0, 0.1) is 6.07 Å². The zero-order valence-electron chi connectivity index (χ0n) is 17.3. The van der Waals surface area contributed by atoms with Crippen molar-refractivity contribution < 1.29 is 26.2 Å². The first kappa shape index (κ1) is 23.1. The topological polar surface area (TPSA) is 71.8 Å². The molecule has 0 bridgehead atoms. The number of aromatic hydroxyl groups is 1. The van der Waals surface area contributed by atoms with Crippen LogP contribution in [0.2, 0.25) is 0 Å². The first-order valence-electron chi connectivity index (χ1n) is 9.57. The van der Waals surface area contributed by atoms with Crippen molar-refractivity contribution >= 4 is 11.8 Å². The van der Waals surface area contributed by atoms with E-state index in [0.29, 0.717) is 23.0 Å². The molecule has 0 amide bonds. The van der Waals surface area contributed by atoms with Crippen LogP contribution in [-0.4, -0.2) is 25.0 Å². The van der Waals surface area contributed by atoms with E-state index in [9.17, 15) is 5.11 Å². The van der Waals surface area contributed by atoms with Crippen molar-refractivity contribution in [2.24, 2.45) is 0 Å². The van der Waals surface area contributed by atoms with E-state index in [1.165, 1.54) is 11.8 Å². The predicted octanol–water partition coefficient (Wildman–Crippen LogP) is 5.55. The van der Waals surface area contributed by atoms with Gasteiger partial charge in [0.1, 0.15) is 11.6 Å². The largest absolute Gasteiger partial charge is 0.507 e. The third-order valence-electron chi connectivity index (χ3n) is 4.31. The predicted molar refractivity (Wildman–Crippen MR) is 118 cm³/mol. The molecule has 0 atom stereocenters. The van der Waals surface area contributed by atoms with Gasteiger partial charge in [-0.25, -0.2) is 9.97 Å². The fourth-order valence-corrected chi connectivity index (χ4v) is 3.57. The molecule has 31 heavy (non-hydrogen) atoms. The Hall–Kier alpha value is -2.56. The van der Waals surface area contributed by atoms with Crippen molar-refractivity contribution in [3.63, 3.8) is 0 Å². The minimum atomic E-state index is -0.281. The van der Waals surface area contributed by atoms with E-state index in [4.69, 9.17) is 4.98 Å². The molecule has 2 aromatic carbocycles. The number of hydrogen-bond acceptors (Lipinski definition) is 6. The maximum Gasteiger partial charge on any atom is 0.157 e. The Morgan fingerprint density at radius 3 is 2.29 bits per heavy atom. The minimum absolute atomic E-state index is 0. The van der Waals surface area contributed by atoms with Gasteiger partial charge in [-0.3, -0.25) is 9.97 Å². The molecule has 7 heteroatoms.